The zero-order valence-electron chi connectivity index (χ0n) is 22.3. The van der Waals surface area contributed by atoms with Crippen molar-refractivity contribution in [2.24, 2.45) is 0 Å². The number of unbranched alkanes of at least 4 members (excludes halogenated alkanes) is 2. The van der Waals surface area contributed by atoms with Gasteiger partial charge in [-0.3, -0.25) is 0 Å². The van der Waals surface area contributed by atoms with Crippen LogP contribution in [0.4, 0.5) is 0 Å². The van der Waals surface area contributed by atoms with Gasteiger partial charge in [-0.1, -0.05) is 19.8 Å². The molecule has 0 rings (SSSR count). The average Bonchev–Trinajstić information content (AvgIpc) is 2.80. The molecule has 34 heavy (non-hydrogen) atoms. The summed E-state index contributed by atoms with van der Waals surface area (Å²) in [5.74, 6) is 0. The minimum Gasteiger partial charge on any atom is -0.415 e. The van der Waals surface area contributed by atoms with Crippen LogP contribution in [0, 0.1) is 0 Å². The lowest BCUT2D eigenvalue weighted by Crippen LogP contribution is -2.27. The van der Waals surface area contributed by atoms with Crippen molar-refractivity contribution in [2.45, 2.75) is 45.8 Å². The first kappa shape index (κ1) is 33.9. The van der Waals surface area contributed by atoms with E-state index in [2.05, 4.69) is 26.6 Å². The highest BCUT2D eigenvalue weighted by molar-refractivity contribution is 6.69. The van der Waals surface area contributed by atoms with Crippen LogP contribution in [0.3, 0.4) is 0 Å². The van der Waals surface area contributed by atoms with Gasteiger partial charge >= 0.3 is 0 Å². The van der Waals surface area contributed by atoms with Gasteiger partial charge in [0.05, 0.1) is 106 Å². The zero-order valence-corrected chi connectivity index (χ0v) is 23.3. The summed E-state index contributed by atoms with van der Waals surface area (Å²) in [5.41, 5.74) is 0. The molecule has 0 aliphatic heterocycles. The lowest BCUT2D eigenvalue weighted by molar-refractivity contribution is -0.0237. The third-order valence-electron chi connectivity index (χ3n) is 4.26. The third-order valence-corrected chi connectivity index (χ3v) is 5.33. The van der Waals surface area contributed by atoms with Crippen molar-refractivity contribution in [1.82, 2.24) is 0 Å². The summed E-state index contributed by atoms with van der Waals surface area (Å²) in [6, 6.07) is 0. The molecule has 0 amide bonds. The fraction of sp³-hybridized carbons (Fsp3) is 1.00. The predicted molar refractivity (Wildman–Crippen MR) is 135 cm³/mol. The van der Waals surface area contributed by atoms with E-state index in [1.807, 2.05) is 0 Å². The molecular weight excluding hydrogens is 460 g/mol. The summed E-state index contributed by atoms with van der Waals surface area (Å²) in [7, 11) is -1.44. The molecular formula is C24H52O9Si. The van der Waals surface area contributed by atoms with Crippen LogP contribution in [0.15, 0.2) is 0 Å². The lowest BCUT2D eigenvalue weighted by atomic mass is 10.3. The summed E-state index contributed by atoms with van der Waals surface area (Å²) in [4.78, 5) is 0. The van der Waals surface area contributed by atoms with Gasteiger partial charge in [0.1, 0.15) is 0 Å². The maximum absolute atomic E-state index is 5.71. The van der Waals surface area contributed by atoms with Gasteiger partial charge in [-0.25, -0.2) is 0 Å². The van der Waals surface area contributed by atoms with Crippen molar-refractivity contribution in [1.29, 1.82) is 0 Å². The highest BCUT2D eigenvalue weighted by Gasteiger charge is 2.12. The molecule has 0 saturated carbocycles. The predicted octanol–water partition coefficient (Wildman–Crippen LogP) is 3.16. The molecule has 0 spiro atoms. The molecule has 0 aromatic carbocycles. The zero-order chi connectivity index (χ0) is 25.0. The van der Waals surface area contributed by atoms with Crippen molar-refractivity contribution >= 4 is 8.32 Å². The van der Waals surface area contributed by atoms with Crippen molar-refractivity contribution in [3.8, 4) is 0 Å². The van der Waals surface area contributed by atoms with Crippen LogP contribution in [-0.2, 0) is 42.3 Å². The van der Waals surface area contributed by atoms with Crippen LogP contribution in [0.1, 0.15) is 26.2 Å². The first-order valence-corrected chi connectivity index (χ1v) is 16.2. The quantitative estimate of drug-likeness (QED) is 0.111. The van der Waals surface area contributed by atoms with Crippen molar-refractivity contribution in [2.75, 3.05) is 112 Å². The molecule has 0 aromatic rings. The summed E-state index contributed by atoms with van der Waals surface area (Å²) in [5, 5.41) is 0. The largest absolute Gasteiger partial charge is 0.415 e. The van der Waals surface area contributed by atoms with Gasteiger partial charge in [0, 0.05) is 6.61 Å². The second-order valence-electron chi connectivity index (χ2n) is 8.57. The number of ether oxygens (including phenoxy) is 8. The summed E-state index contributed by atoms with van der Waals surface area (Å²) >= 11 is 0. The van der Waals surface area contributed by atoms with Crippen LogP contribution in [-0.4, -0.2) is 121 Å². The molecule has 0 aliphatic carbocycles. The Morgan fingerprint density at radius 2 is 0.618 bits per heavy atom. The molecule has 0 radical (unpaired) electrons. The Morgan fingerprint density at radius 1 is 0.353 bits per heavy atom. The van der Waals surface area contributed by atoms with Crippen LogP contribution < -0.4 is 0 Å². The van der Waals surface area contributed by atoms with E-state index in [0.717, 1.165) is 13.0 Å². The second-order valence-corrected chi connectivity index (χ2v) is 13.1. The highest BCUT2D eigenvalue weighted by Crippen LogP contribution is 2.01. The van der Waals surface area contributed by atoms with Gasteiger partial charge in [0.2, 0.25) is 0 Å². The Hall–Kier alpha value is -0.143. The summed E-state index contributed by atoms with van der Waals surface area (Å²) in [6.45, 7) is 18.7. The SMILES string of the molecule is CCCCCOCCOCCOCCOCCOCCOCCOCCOCCO[Si](C)(C)C. The maximum Gasteiger partial charge on any atom is 0.183 e. The van der Waals surface area contributed by atoms with E-state index in [1.165, 1.54) is 12.8 Å². The lowest BCUT2D eigenvalue weighted by Gasteiger charge is -2.16. The van der Waals surface area contributed by atoms with E-state index in [0.29, 0.717) is 106 Å². The average molecular weight is 513 g/mol. The molecule has 0 atom stereocenters. The van der Waals surface area contributed by atoms with Crippen LogP contribution in [0.2, 0.25) is 19.6 Å². The molecule has 9 nitrogen and oxygen atoms in total. The van der Waals surface area contributed by atoms with Gasteiger partial charge in [0.15, 0.2) is 8.32 Å². The normalized spacial score (nSPS) is 12.0. The van der Waals surface area contributed by atoms with E-state index < -0.39 is 8.32 Å². The minimum absolute atomic E-state index is 0.541. The monoisotopic (exact) mass is 512 g/mol. The van der Waals surface area contributed by atoms with E-state index in [4.69, 9.17) is 42.3 Å². The van der Waals surface area contributed by atoms with Crippen molar-refractivity contribution < 1.29 is 42.3 Å². The molecule has 0 N–H and O–H groups in total. The molecule has 0 aromatic heterocycles. The van der Waals surface area contributed by atoms with Gasteiger partial charge < -0.3 is 42.3 Å². The van der Waals surface area contributed by atoms with E-state index in [1.54, 1.807) is 0 Å². The van der Waals surface area contributed by atoms with Crippen molar-refractivity contribution in [3.05, 3.63) is 0 Å². The number of hydrogen-bond acceptors (Lipinski definition) is 9. The Labute approximate surface area is 209 Å². The van der Waals surface area contributed by atoms with Gasteiger partial charge in [-0.05, 0) is 26.1 Å². The molecule has 0 unspecified atom stereocenters. The van der Waals surface area contributed by atoms with Crippen LogP contribution in [0.25, 0.3) is 0 Å². The second kappa shape index (κ2) is 27.4. The summed E-state index contributed by atoms with van der Waals surface area (Å²) < 4.78 is 49.4. The number of hydrogen-bond donors (Lipinski definition) is 0. The number of rotatable bonds is 29. The molecule has 0 heterocycles. The molecule has 0 saturated heterocycles. The topological polar surface area (TPSA) is 83.1 Å². The van der Waals surface area contributed by atoms with Crippen molar-refractivity contribution in [3.63, 3.8) is 0 Å². The standard InChI is InChI=1S/C24H52O9Si/c1-5-6-7-8-25-9-10-26-11-12-27-13-14-28-15-16-29-17-18-30-19-20-31-21-22-32-23-24-33-34(2,3)4/h5-24H2,1-4H3. The van der Waals surface area contributed by atoms with Gasteiger partial charge in [0.25, 0.3) is 0 Å². The Bertz CT molecular complexity index is 384. The fourth-order valence-corrected chi connectivity index (χ4v) is 3.20. The molecule has 0 aliphatic rings. The smallest absolute Gasteiger partial charge is 0.183 e. The Morgan fingerprint density at radius 3 is 0.882 bits per heavy atom. The van der Waals surface area contributed by atoms with Crippen LogP contribution >= 0.6 is 0 Å². The maximum atomic E-state index is 5.71. The Kier molecular flexibility index (Phi) is 27.3. The third kappa shape index (κ3) is 31.9. The highest BCUT2D eigenvalue weighted by atomic mass is 28.4. The van der Waals surface area contributed by atoms with Crippen LogP contribution in [0.5, 0.6) is 0 Å². The van der Waals surface area contributed by atoms with E-state index in [-0.39, 0.29) is 0 Å². The van der Waals surface area contributed by atoms with Gasteiger partial charge in [-0.2, -0.15) is 0 Å². The minimum atomic E-state index is -1.44. The van der Waals surface area contributed by atoms with E-state index in [9.17, 15) is 0 Å². The van der Waals surface area contributed by atoms with E-state index >= 15 is 0 Å². The fourth-order valence-electron chi connectivity index (χ4n) is 2.50. The first-order chi connectivity index (χ1) is 16.6. The van der Waals surface area contributed by atoms with Gasteiger partial charge in [-0.15, -0.1) is 0 Å². The molecule has 0 bridgehead atoms. The Balaban J connectivity index is 3.03. The molecule has 10 heteroatoms. The first-order valence-electron chi connectivity index (χ1n) is 12.8. The summed E-state index contributed by atoms with van der Waals surface area (Å²) in [6.07, 6.45) is 3.56. The molecule has 0 fully saturated rings. The molecule has 206 valence electrons.